The first-order valence-electron chi connectivity index (χ1n) is 8.73. The van der Waals surface area contributed by atoms with Gasteiger partial charge in [0, 0.05) is 38.1 Å². The van der Waals surface area contributed by atoms with Crippen molar-refractivity contribution in [1.82, 2.24) is 34.4 Å². The molecule has 1 amide bonds. The predicted molar refractivity (Wildman–Crippen MR) is 97.9 cm³/mol. The lowest BCUT2D eigenvalue weighted by molar-refractivity contribution is 0.0687. The Labute approximate surface area is 154 Å². The van der Waals surface area contributed by atoms with E-state index >= 15 is 0 Å². The van der Waals surface area contributed by atoms with Gasteiger partial charge in [-0.05, 0) is 18.2 Å². The van der Waals surface area contributed by atoms with Crippen molar-refractivity contribution < 1.29 is 4.79 Å². The third-order valence-electron chi connectivity index (χ3n) is 4.95. The van der Waals surface area contributed by atoms with Crippen LogP contribution in [0, 0.1) is 0 Å². The zero-order chi connectivity index (χ0) is 18.4. The van der Waals surface area contributed by atoms with Gasteiger partial charge in [0.1, 0.15) is 11.6 Å². The summed E-state index contributed by atoms with van der Waals surface area (Å²) in [5.41, 5.74) is 4.66. The van der Waals surface area contributed by atoms with Crippen LogP contribution in [-0.2, 0) is 13.5 Å². The number of carbonyl (C=O) groups excluding carboxylic acids is 1. The number of amides is 1. The number of pyridine rings is 2. The molecule has 0 fully saturated rings. The van der Waals surface area contributed by atoms with Crippen molar-refractivity contribution in [1.29, 1.82) is 0 Å². The lowest BCUT2D eigenvalue weighted by Gasteiger charge is -2.34. The molecule has 0 saturated heterocycles. The molecule has 1 aliphatic heterocycles. The summed E-state index contributed by atoms with van der Waals surface area (Å²) in [4.78, 5) is 36.0. The number of nitrogens with zero attached hydrogens (tertiary/aromatic N) is 6. The first-order valence-corrected chi connectivity index (χ1v) is 8.73. The molecule has 4 aromatic heterocycles. The summed E-state index contributed by atoms with van der Waals surface area (Å²) in [6, 6.07) is 7.18. The van der Waals surface area contributed by atoms with Gasteiger partial charge in [-0.15, -0.1) is 0 Å². The molecule has 0 saturated carbocycles. The first-order chi connectivity index (χ1) is 13.2. The van der Waals surface area contributed by atoms with Crippen molar-refractivity contribution >= 4 is 17.1 Å². The number of H-pyrrole nitrogens is 1. The van der Waals surface area contributed by atoms with E-state index in [1.165, 1.54) is 0 Å². The molecule has 1 unspecified atom stereocenters. The molecule has 1 N–H and O–H groups in total. The van der Waals surface area contributed by atoms with Crippen LogP contribution in [0.2, 0.25) is 0 Å². The van der Waals surface area contributed by atoms with Crippen molar-refractivity contribution in [2.75, 3.05) is 6.54 Å². The van der Waals surface area contributed by atoms with Crippen LogP contribution < -0.4 is 0 Å². The Morgan fingerprint density at radius 1 is 1.22 bits per heavy atom. The number of nitrogens with one attached hydrogen (secondary N) is 1. The zero-order valence-corrected chi connectivity index (χ0v) is 14.7. The molecule has 8 nitrogen and oxygen atoms in total. The molecule has 4 aromatic rings. The number of rotatable bonds is 2. The molecule has 134 valence electrons. The number of aromatic amines is 1. The van der Waals surface area contributed by atoms with Gasteiger partial charge in [0.25, 0.3) is 5.91 Å². The molecule has 1 atom stereocenters. The van der Waals surface area contributed by atoms with Crippen molar-refractivity contribution in [2.24, 2.45) is 7.05 Å². The Morgan fingerprint density at radius 2 is 2.15 bits per heavy atom. The highest BCUT2D eigenvalue weighted by atomic mass is 16.2. The first kappa shape index (κ1) is 15.7. The molecule has 0 spiro atoms. The fourth-order valence-corrected chi connectivity index (χ4v) is 3.63. The maximum atomic E-state index is 13.4. The maximum Gasteiger partial charge on any atom is 0.256 e. The van der Waals surface area contributed by atoms with Crippen LogP contribution in [-0.4, -0.2) is 46.8 Å². The van der Waals surface area contributed by atoms with Crippen molar-refractivity contribution in [2.45, 2.75) is 12.5 Å². The topological polar surface area (TPSA) is 92.6 Å². The minimum Gasteiger partial charge on any atom is -0.348 e. The monoisotopic (exact) mass is 359 g/mol. The summed E-state index contributed by atoms with van der Waals surface area (Å²) in [7, 11) is 1.88. The number of carbonyl (C=O) groups is 1. The fraction of sp³-hybridized carbons (Fsp3) is 0.211. The van der Waals surface area contributed by atoms with E-state index in [-0.39, 0.29) is 11.9 Å². The van der Waals surface area contributed by atoms with Crippen LogP contribution in [0.4, 0.5) is 0 Å². The summed E-state index contributed by atoms with van der Waals surface area (Å²) >= 11 is 0. The Bertz CT molecular complexity index is 1130. The molecule has 1 aliphatic rings. The average molecular weight is 359 g/mol. The fourth-order valence-electron chi connectivity index (χ4n) is 3.63. The zero-order valence-electron chi connectivity index (χ0n) is 14.7. The van der Waals surface area contributed by atoms with Gasteiger partial charge in [-0.25, -0.2) is 15.0 Å². The van der Waals surface area contributed by atoms with E-state index < -0.39 is 0 Å². The Hall–Kier alpha value is -3.55. The molecule has 0 aromatic carbocycles. The van der Waals surface area contributed by atoms with Gasteiger partial charge in [0.2, 0.25) is 0 Å². The van der Waals surface area contributed by atoms with Crippen molar-refractivity contribution in [3.05, 3.63) is 72.0 Å². The van der Waals surface area contributed by atoms with Crippen LogP contribution in [0.5, 0.6) is 0 Å². The highest BCUT2D eigenvalue weighted by Gasteiger charge is 2.35. The van der Waals surface area contributed by atoms with Crippen molar-refractivity contribution in [3.8, 4) is 0 Å². The normalized spacial score (nSPS) is 16.5. The van der Waals surface area contributed by atoms with Crippen LogP contribution in [0.3, 0.4) is 0 Å². The Morgan fingerprint density at radius 3 is 3.00 bits per heavy atom. The van der Waals surface area contributed by atoms with E-state index in [9.17, 15) is 4.79 Å². The van der Waals surface area contributed by atoms with Gasteiger partial charge in [0.15, 0.2) is 5.65 Å². The second-order valence-corrected chi connectivity index (χ2v) is 6.59. The van der Waals surface area contributed by atoms with E-state index in [4.69, 9.17) is 0 Å². The second-order valence-electron chi connectivity index (χ2n) is 6.59. The number of hydrogen-bond donors (Lipinski definition) is 1. The summed E-state index contributed by atoms with van der Waals surface area (Å²) in [6.45, 7) is 0.579. The molecular formula is C19H17N7O. The average Bonchev–Trinajstić information content (AvgIpc) is 3.33. The number of hydrogen-bond acceptors (Lipinski definition) is 5. The second kappa shape index (κ2) is 6.01. The van der Waals surface area contributed by atoms with Gasteiger partial charge in [-0.3, -0.25) is 9.78 Å². The van der Waals surface area contributed by atoms with Crippen LogP contribution in [0.25, 0.3) is 11.2 Å². The van der Waals surface area contributed by atoms with Gasteiger partial charge in [-0.2, -0.15) is 0 Å². The third-order valence-corrected chi connectivity index (χ3v) is 4.95. The minimum absolute atomic E-state index is 0.0978. The summed E-state index contributed by atoms with van der Waals surface area (Å²) in [5.74, 6) is -0.0978. The van der Waals surface area contributed by atoms with E-state index in [2.05, 4.69) is 24.9 Å². The number of fused-ring (bicyclic) bond motifs is 2. The molecule has 0 radical (unpaired) electrons. The molecule has 0 bridgehead atoms. The molecule has 5 rings (SSSR count). The molecular weight excluding hydrogens is 342 g/mol. The summed E-state index contributed by atoms with van der Waals surface area (Å²) < 4.78 is 1.83. The largest absolute Gasteiger partial charge is 0.348 e. The van der Waals surface area contributed by atoms with Gasteiger partial charge < -0.3 is 14.5 Å². The SMILES string of the molecule is Cn1cnc2cc(C(=O)N3CCc4[nH]cnc4C3c3ccccn3)cnc21. The van der Waals surface area contributed by atoms with Crippen LogP contribution >= 0.6 is 0 Å². The van der Waals surface area contributed by atoms with Gasteiger partial charge >= 0.3 is 0 Å². The third kappa shape index (κ3) is 2.49. The van der Waals surface area contributed by atoms with E-state index in [0.717, 1.165) is 29.1 Å². The van der Waals surface area contributed by atoms with E-state index in [1.807, 2.05) is 34.7 Å². The van der Waals surface area contributed by atoms with Gasteiger partial charge in [-0.1, -0.05) is 6.07 Å². The Balaban J connectivity index is 1.58. The van der Waals surface area contributed by atoms with Crippen LogP contribution in [0.15, 0.2) is 49.3 Å². The van der Waals surface area contributed by atoms with Crippen LogP contribution in [0.1, 0.15) is 33.5 Å². The predicted octanol–water partition coefficient (Wildman–Crippen LogP) is 1.87. The summed E-state index contributed by atoms with van der Waals surface area (Å²) in [6.07, 6.45) is 7.45. The standard InChI is InChI=1S/C19H17N7O/c1-25-11-24-15-8-12(9-21-18(15)25)19(27)26-7-5-13-16(23-10-22-13)17(26)14-4-2-3-6-20-14/h2-4,6,8-11,17H,5,7H2,1H3,(H,22,23). The molecule has 5 heterocycles. The smallest absolute Gasteiger partial charge is 0.256 e. The quantitative estimate of drug-likeness (QED) is 0.590. The van der Waals surface area contributed by atoms with Gasteiger partial charge in [0.05, 0.1) is 29.6 Å². The number of aryl methyl sites for hydroxylation is 1. The Kier molecular flexibility index (Phi) is 3.49. The lowest BCUT2D eigenvalue weighted by atomic mass is 9.98. The molecule has 27 heavy (non-hydrogen) atoms. The summed E-state index contributed by atoms with van der Waals surface area (Å²) in [5, 5.41) is 0. The highest BCUT2D eigenvalue weighted by molar-refractivity contribution is 5.97. The minimum atomic E-state index is -0.326. The van der Waals surface area contributed by atoms with E-state index in [1.54, 1.807) is 31.1 Å². The number of aromatic nitrogens is 6. The van der Waals surface area contributed by atoms with Crippen molar-refractivity contribution in [3.63, 3.8) is 0 Å². The highest BCUT2D eigenvalue weighted by Crippen LogP contribution is 2.33. The molecule has 8 heteroatoms. The number of imidazole rings is 2. The lowest BCUT2D eigenvalue weighted by Crippen LogP contribution is -2.41. The van der Waals surface area contributed by atoms with E-state index in [0.29, 0.717) is 17.6 Å². The maximum absolute atomic E-state index is 13.4. The molecule has 0 aliphatic carbocycles.